The van der Waals surface area contributed by atoms with E-state index < -0.39 is 0 Å². The second-order valence-electron chi connectivity index (χ2n) is 12.8. The first-order chi connectivity index (χ1) is 24.5. The molecular weight excluding hydrogens is 812 g/mol. The second kappa shape index (κ2) is 13.1. The van der Waals surface area contributed by atoms with E-state index in [1.54, 1.807) is 6.07 Å². The van der Waals surface area contributed by atoms with Crippen LogP contribution in [0.1, 0.15) is 25.5 Å². The van der Waals surface area contributed by atoms with E-state index in [2.05, 4.69) is 79.0 Å². The number of nitrogens with zero attached hydrogens (tertiary/aromatic N) is 4. The molecule has 250 valence electrons. The van der Waals surface area contributed by atoms with Gasteiger partial charge in [-0.1, -0.05) is 122 Å². The van der Waals surface area contributed by atoms with Crippen molar-refractivity contribution in [1.82, 2.24) is 19.4 Å². The summed E-state index contributed by atoms with van der Waals surface area (Å²) in [5.74, 6) is 1.05. The quantitative estimate of drug-likeness (QED) is 0.169. The molecule has 0 bridgehead atoms. The summed E-state index contributed by atoms with van der Waals surface area (Å²) in [7, 11) is 0. The number of furan rings is 1. The first kappa shape index (κ1) is 32.4. The van der Waals surface area contributed by atoms with Gasteiger partial charge in [0.2, 0.25) is 5.78 Å². The number of phenolic OH excluding ortho intramolecular Hbond substituents is 1. The number of benzene rings is 5. The van der Waals surface area contributed by atoms with Crippen LogP contribution in [0, 0.1) is 6.07 Å². The van der Waals surface area contributed by atoms with Gasteiger partial charge in [-0.3, -0.25) is 14.4 Å². The number of aromatic hydroxyl groups is 1. The molecule has 0 amide bonds. The minimum Gasteiger partial charge on any atom is -0.507 e. The van der Waals surface area contributed by atoms with Gasteiger partial charge in [-0.15, -0.1) is 12.1 Å². The largest absolute Gasteiger partial charge is 0.507 e. The van der Waals surface area contributed by atoms with Gasteiger partial charge in [-0.2, -0.15) is 0 Å². The minimum atomic E-state index is 0. The Balaban J connectivity index is 0.00000374. The molecule has 1 N–H and O–H groups in total. The molecule has 0 spiro atoms. The Morgan fingerprint density at radius 2 is 1.35 bits per heavy atom. The van der Waals surface area contributed by atoms with Crippen LogP contribution in [0.15, 0.2) is 144 Å². The van der Waals surface area contributed by atoms with Crippen molar-refractivity contribution in [3.8, 4) is 61.9 Å². The van der Waals surface area contributed by atoms with Crippen LogP contribution in [0.25, 0.3) is 83.9 Å². The zero-order valence-corrected chi connectivity index (χ0v) is 30.1. The van der Waals surface area contributed by atoms with Crippen LogP contribution in [0.5, 0.6) is 5.75 Å². The van der Waals surface area contributed by atoms with Gasteiger partial charge in [0.1, 0.15) is 11.3 Å². The number of fused-ring (bicyclic) bond motifs is 4. The van der Waals surface area contributed by atoms with E-state index in [4.69, 9.17) is 19.4 Å². The van der Waals surface area contributed by atoms with E-state index in [-0.39, 0.29) is 32.7 Å². The van der Waals surface area contributed by atoms with Crippen molar-refractivity contribution >= 4 is 27.7 Å². The summed E-state index contributed by atoms with van der Waals surface area (Å²) in [6.45, 7) is 4.28. The predicted molar refractivity (Wildman–Crippen MR) is 200 cm³/mol. The Morgan fingerprint density at radius 1 is 0.667 bits per heavy atom. The van der Waals surface area contributed by atoms with Crippen molar-refractivity contribution in [3.05, 3.63) is 151 Å². The van der Waals surface area contributed by atoms with E-state index in [1.807, 2.05) is 78.9 Å². The summed E-state index contributed by atoms with van der Waals surface area (Å²) < 4.78 is 8.66. The number of hydrogen-bond donors (Lipinski definition) is 1. The van der Waals surface area contributed by atoms with Gasteiger partial charge in [0, 0.05) is 61.0 Å². The zero-order chi connectivity index (χ0) is 33.8. The Bertz CT molecular complexity index is 2700. The maximum absolute atomic E-state index is 10.9. The molecule has 4 heterocycles. The molecule has 6 nitrogen and oxygen atoms in total. The molecule has 0 aliphatic rings. The Morgan fingerprint density at radius 3 is 2.12 bits per heavy atom. The van der Waals surface area contributed by atoms with Crippen LogP contribution in [0.2, 0.25) is 0 Å². The van der Waals surface area contributed by atoms with Gasteiger partial charge in [-0.05, 0) is 58.3 Å². The van der Waals surface area contributed by atoms with Crippen LogP contribution in [-0.4, -0.2) is 24.5 Å². The van der Waals surface area contributed by atoms with E-state index in [0.717, 1.165) is 55.7 Å². The van der Waals surface area contributed by atoms with Gasteiger partial charge in [0.15, 0.2) is 0 Å². The third-order valence-corrected chi connectivity index (χ3v) is 9.19. The summed E-state index contributed by atoms with van der Waals surface area (Å²) in [6, 6.07) is 47.8. The topological polar surface area (TPSA) is 76.5 Å². The molecule has 9 aromatic rings. The molecule has 0 aliphatic heterocycles. The second-order valence-corrected chi connectivity index (χ2v) is 12.8. The number of pyridine rings is 1. The van der Waals surface area contributed by atoms with Crippen molar-refractivity contribution in [1.29, 1.82) is 0 Å². The van der Waals surface area contributed by atoms with Crippen LogP contribution < -0.4 is 0 Å². The first-order valence-corrected chi connectivity index (χ1v) is 16.7. The fraction of sp³-hybridized carbons (Fsp3) is 0.0682. The maximum atomic E-state index is 10.9. The number of rotatable bonds is 6. The molecule has 0 fully saturated rings. The van der Waals surface area contributed by atoms with Gasteiger partial charge in [-0.25, -0.2) is 4.98 Å². The molecule has 9 rings (SSSR count). The molecular formula is C44H31N4O2Pt-. The summed E-state index contributed by atoms with van der Waals surface area (Å²) in [5, 5.41) is 12.9. The molecule has 0 atom stereocenters. The van der Waals surface area contributed by atoms with Crippen molar-refractivity contribution in [2.45, 2.75) is 19.8 Å². The Hall–Kier alpha value is -5.84. The summed E-state index contributed by atoms with van der Waals surface area (Å²) in [6.07, 6.45) is 2.06. The number of aromatic nitrogens is 4. The number of phenols is 1. The smallest absolute Gasteiger partial charge is 0.226 e. The Labute approximate surface area is 309 Å². The third kappa shape index (κ3) is 5.72. The SMILES string of the molecule is CC(C)c1ccn2c(-c3ccccc3)c(-c3[c-]c(-c4cc(-c5ccccc5)cc(-c5ccccc5O)n4)c4oc5ccccc5c4c3)nc2n1.[Pt]. The minimum absolute atomic E-state index is 0. The summed E-state index contributed by atoms with van der Waals surface area (Å²) in [4.78, 5) is 15.3. The number of imidazole rings is 1. The third-order valence-electron chi connectivity index (χ3n) is 9.19. The Kier molecular flexibility index (Phi) is 8.33. The van der Waals surface area contributed by atoms with E-state index in [9.17, 15) is 5.11 Å². The molecule has 5 aromatic carbocycles. The average molecular weight is 843 g/mol. The summed E-state index contributed by atoms with van der Waals surface area (Å²) in [5.41, 5.74) is 10.6. The molecule has 0 unspecified atom stereocenters. The fourth-order valence-corrected chi connectivity index (χ4v) is 6.68. The average Bonchev–Trinajstić information content (AvgIpc) is 3.74. The van der Waals surface area contributed by atoms with Crippen molar-refractivity contribution in [3.63, 3.8) is 0 Å². The maximum Gasteiger partial charge on any atom is 0.226 e. The van der Waals surface area contributed by atoms with Gasteiger partial charge < -0.3 is 9.52 Å². The van der Waals surface area contributed by atoms with Crippen molar-refractivity contribution in [2.75, 3.05) is 0 Å². The predicted octanol–water partition coefficient (Wildman–Crippen LogP) is 11.0. The fourth-order valence-electron chi connectivity index (χ4n) is 6.68. The molecule has 51 heavy (non-hydrogen) atoms. The zero-order valence-electron chi connectivity index (χ0n) is 27.8. The van der Waals surface area contributed by atoms with E-state index >= 15 is 0 Å². The number of para-hydroxylation sites is 2. The van der Waals surface area contributed by atoms with E-state index in [1.165, 1.54) is 0 Å². The van der Waals surface area contributed by atoms with Crippen LogP contribution in [0.4, 0.5) is 0 Å². The normalized spacial score (nSPS) is 11.4. The molecule has 7 heteroatoms. The first-order valence-electron chi connectivity index (χ1n) is 16.7. The van der Waals surface area contributed by atoms with Gasteiger partial charge in [0.05, 0.1) is 11.3 Å². The van der Waals surface area contributed by atoms with Crippen LogP contribution in [-0.2, 0) is 21.1 Å². The molecule has 4 aromatic heterocycles. The molecule has 0 aliphatic carbocycles. The molecule has 0 radical (unpaired) electrons. The van der Waals surface area contributed by atoms with E-state index in [0.29, 0.717) is 33.9 Å². The molecule has 0 saturated heterocycles. The standard InChI is InChI=1S/C44H31N4O2.Pt/c1-27(2)36-21-22-48-42(29-15-7-4-8-16-29)41(47-44(48)46-36)31-23-34-32-17-10-12-20-40(32)50-43(34)35(24-31)38-26-30(28-13-5-3-6-14-28)25-37(45-38)33-18-9-11-19-39(33)49;/h3-23,25-27,49H,1-2H3;/q-1;. The summed E-state index contributed by atoms with van der Waals surface area (Å²) >= 11 is 0. The van der Waals surface area contributed by atoms with Crippen molar-refractivity contribution in [2.24, 2.45) is 0 Å². The van der Waals surface area contributed by atoms with Crippen molar-refractivity contribution < 1.29 is 30.6 Å². The van der Waals surface area contributed by atoms with Gasteiger partial charge in [0.25, 0.3) is 0 Å². The van der Waals surface area contributed by atoms with Crippen LogP contribution in [0.3, 0.4) is 0 Å². The van der Waals surface area contributed by atoms with Crippen LogP contribution >= 0.6 is 0 Å². The van der Waals surface area contributed by atoms with Gasteiger partial charge >= 0.3 is 0 Å². The number of hydrogen-bond acceptors (Lipinski definition) is 5. The monoisotopic (exact) mass is 842 g/mol. The molecule has 0 saturated carbocycles.